The van der Waals surface area contributed by atoms with Gasteiger partial charge in [0, 0.05) is 6.61 Å². The highest BCUT2D eigenvalue weighted by Crippen LogP contribution is 2.33. The second kappa shape index (κ2) is 3.91. The van der Waals surface area contributed by atoms with Crippen molar-refractivity contribution in [2.24, 2.45) is 5.92 Å². The van der Waals surface area contributed by atoms with Crippen LogP contribution in [0.5, 0.6) is 0 Å². The van der Waals surface area contributed by atoms with Gasteiger partial charge in [-0.05, 0) is 38.5 Å². The fourth-order valence-electron chi connectivity index (χ4n) is 1.79. The predicted octanol–water partition coefficient (Wildman–Crippen LogP) is 2.50. The smallest absolute Gasteiger partial charge is 0.154 e. The van der Waals surface area contributed by atoms with Gasteiger partial charge < -0.3 is 4.74 Å². The SMILES string of the molecule is CCOC1(C#N)CCC(C)CC1. The Kier molecular flexibility index (Phi) is 3.11. The summed E-state index contributed by atoms with van der Waals surface area (Å²) in [4.78, 5) is 0. The van der Waals surface area contributed by atoms with Gasteiger partial charge in [0.25, 0.3) is 0 Å². The average molecular weight is 167 g/mol. The van der Waals surface area contributed by atoms with Gasteiger partial charge in [-0.15, -0.1) is 0 Å². The fourth-order valence-corrected chi connectivity index (χ4v) is 1.79. The van der Waals surface area contributed by atoms with Crippen LogP contribution in [0.25, 0.3) is 0 Å². The molecule has 1 fully saturated rings. The van der Waals surface area contributed by atoms with E-state index in [1.165, 1.54) is 0 Å². The van der Waals surface area contributed by atoms with Crippen molar-refractivity contribution in [3.05, 3.63) is 0 Å². The van der Waals surface area contributed by atoms with E-state index in [9.17, 15) is 0 Å². The fraction of sp³-hybridized carbons (Fsp3) is 0.900. The highest BCUT2D eigenvalue weighted by atomic mass is 16.5. The first-order chi connectivity index (χ1) is 5.72. The maximum absolute atomic E-state index is 8.98. The molecule has 0 aromatic rings. The minimum absolute atomic E-state index is 0.443. The summed E-state index contributed by atoms with van der Waals surface area (Å²) in [7, 11) is 0. The Hall–Kier alpha value is -0.550. The lowest BCUT2D eigenvalue weighted by atomic mass is 9.80. The van der Waals surface area contributed by atoms with Crippen molar-refractivity contribution in [1.82, 2.24) is 0 Å². The number of nitrogens with zero attached hydrogens (tertiary/aromatic N) is 1. The van der Waals surface area contributed by atoms with Gasteiger partial charge in [-0.3, -0.25) is 0 Å². The van der Waals surface area contributed by atoms with Crippen LogP contribution in [-0.4, -0.2) is 12.2 Å². The molecule has 0 radical (unpaired) electrons. The Morgan fingerprint density at radius 2 is 2.08 bits per heavy atom. The zero-order valence-electron chi connectivity index (χ0n) is 7.97. The van der Waals surface area contributed by atoms with E-state index in [1.807, 2.05) is 6.92 Å². The summed E-state index contributed by atoms with van der Waals surface area (Å²) < 4.78 is 5.51. The third-order valence-electron chi connectivity index (χ3n) is 2.71. The quantitative estimate of drug-likeness (QED) is 0.633. The van der Waals surface area contributed by atoms with Crippen molar-refractivity contribution in [3.63, 3.8) is 0 Å². The maximum Gasteiger partial charge on any atom is 0.154 e. The molecule has 0 N–H and O–H groups in total. The van der Waals surface area contributed by atoms with E-state index in [2.05, 4.69) is 13.0 Å². The van der Waals surface area contributed by atoms with Gasteiger partial charge in [-0.2, -0.15) is 5.26 Å². The van der Waals surface area contributed by atoms with Crippen LogP contribution in [0.15, 0.2) is 0 Å². The third-order valence-corrected chi connectivity index (χ3v) is 2.71. The third kappa shape index (κ3) is 1.98. The average Bonchev–Trinajstić information content (AvgIpc) is 2.10. The van der Waals surface area contributed by atoms with Crippen molar-refractivity contribution in [2.75, 3.05) is 6.61 Å². The molecule has 0 atom stereocenters. The van der Waals surface area contributed by atoms with Crippen LogP contribution >= 0.6 is 0 Å². The Morgan fingerprint density at radius 3 is 2.50 bits per heavy atom. The summed E-state index contributed by atoms with van der Waals surface area (Å²) in [6.07, 6.45) is 4.10. The first-order valence-electron chi connectivity index (χ1n) is 4.77. The molecule has 1 saturated carbocycles. The molecule has 0 spiro atoms. The second-order valence-electron chi connectivity index (χ2n) is 3.72. The van der Waals surface area contributed by atoms with Crippen LogP contribution in [0.2, 0.25) is 0 Å². The number of nitriles is 1. The van der Waals surface area contributed by atoms with Crippen LogP contribution in [0.4, 0.5) is 0 Å². The first-order valence-corrected chi connectivity index (χ1v) is 4.77. The van der Waals surface area contributed by atoms with Crippen LogP contribution in [0.1, 0.15) is 39.5 Å². The van der Waals surface area contributed by atoms with Gasteiger partial charge in [0.05, 0.1) is 6.07 Å². The minimum Gasteiger partial charge on any atom is -0.360 e. The molecule has 0 unspecified atom stereocenters. The van der Waals surface area contributed by atoms with Crippen LogP contribution < -0.4 is 0 Å². The van der Waals surface area contributed by atoms with Crippen molar-refractivity contribution >= 4 is 0 Å². The lowest BCUT2D eigenvalue weighted by Crippen LogP contribution is -2.35. The summed E-state index contributed by atoms with van der Waals surface area (Å²) in [6.45, 7) is 4.85. The van der Waals surface area contributed by atoms with Gasteiger partial charge in [0.2, 0.25) is 0 Å². The lowest BCUT2D eigenvalue weighted by molar-refractivity contribution is -0.0287. The Labute approximate surface area is 74.5 Å². The Balaban J connectivity index is 2.52. The zero-order valence-corrected chi connectivity index (χ0v) is 7.97. The molecule has 2 nitrogen and oxygen atoms in total. The number of hydrogen-bond donors (Lipinski definition) is 0. The molecule has 68 valence electrons. The van der Waals surface area contributed by atoms with E-state index in [0.717, 1.165) is 31.6 Å². The summed E-state index contributed by atoms with van der Waals surface area (Å²) >= 11 is 0. The van der Waals surface area contributed by atoms with E-state index in [0.29, 0.717) is 6.61 Å². The molecule has 1 aliphatic carbocycles. The zero-order chi connectivity index (χ0) is 9.03. The standard InChI is InChI=1S/C10H17NO/c1-3-12-10(8-11)6-4-9(2)5-7-10/h9H,3-7H2,1-2H3. The van der Waals surface area contributed by atoms with E-state index < -0.39 is 5.60 Å². The molecule has 0 aliphatic heterocycles. The minimum atomic E-state index is -0.443. The van der Waals surface area contributed by atoms with Gasteiger partial charge in [-0.25, -0.2) is 0 Å². The molecule has 0 saturated heterocycles. The normalized spacial score (nSPS) is 35.9. The molecule has 1 aliphatic rings. The molecule has 1 rings (SSSR count). The molecular weight excluding hydrogens is 150 g/mol. The summed E-state index contributed by atoms with van der Waals surface area (Å²) in [5.41, 5.74) is -0.443. The number of ether oxygens (including phenoxy) is 1. The maximum atomic E-state index is 8.98. The van der Waals surface area contributed by atoms with E-state index in [-0.39, 0.29) is 0 Å². The van der Waals surface area contributed by atoms with Crippen molar-refractivity contribution in [2.45, 2.75) is 45.1 Å². The summed E-state index contributed by atoms with van der Waals surface area (Å²) in [6, 6.07) is 2.32. The molecule has 0 heterocycles. The summed E-state index contributed by atoms with van der Waals surface area (Å²) in [5.74, 6) is 0.770. The molecule has 0 aromatic heterocycles. The van der Waals surface area contributed by atoms with Crippen molar-refractivity contribution in [3.8, 4) is 6.07 Å². The molecule has 0 amide bonds. The van der Waals surface area contributed by atoms with E-state index >= 15 is 0 Å². The topological polar surface area (TPSA) is 33.0 Å². The highest BCUT2D eigenvalue weighted by molar-refractivity contribution is 5.04. The van der Waals surface area contributed by atoms with Gasteiger partial charge >= 0.3 is 0 Å². The van der Waals surface area contributed by atoms with Gasteiger partial charge in [0.1, 0.15) is 0 Å². The first kappa shape index (κ1) is 9.54. The largest absolute Gasteiger partial charge is 0.360 e. The highest BCUT2D eigenvalue weighted by Gasteiger charge is 2.34. The molecule has 0 bridgehead atoms. The molecule has 12 heavy (non-hydrogen) atoms. The molecule has 2 heteroatoms. The van der Waals surface area contributed by atoms with E-state index in [1.54, 1.807) is 0 Å². The van der Waals surface area contributed by atoms with Crippen molar-refractivity contribution in [1.29, 1.82) is 5.26 Å². The van der Waals surface area contributed by atoms with Crippen molar-refractivity contribution < 1.29 is 4.74 Å². The monoisotopic (exact) mass is 167 g/mol. The molecule has 0 aromatic carbocycles. The Bertz CT molecular complexity index is 175. The predicted molar refractivity (Wildman–Crippen MR) is 47.6 cm³/mol. The lowest BCUT2D eigenvalue weighted by Gasteiger charge is -2.33. The van der Waals surface area contributed by atoms with E-state index in [4.69, 9.17) is 10.00 Å². The Morgan fingerprint density at radius 1 is 1.50 bits per heavy atom. The second-order valence-corrected chi connectivity index (χ2v) is 3.72. The summed E-state index contributed by atoms with van der Waals surface area (Å²) in [5, 5.41) is 8.98. The molecular formula is C10H17NO. The number of hydrogen-bond acceptors (Lipinski definition) is 2. The van der Waals surface area contributed by atoms with Crippen LogP contribution in [0, 0.1) is 17.2 Å². The van der Waals surface area contributed by atoms with Crippen LogP contribution in [0.3, 0.4) is 0 Å². The van der Waals surface area contributed by atoms with Crippen LogP contribution in [-0.2, 0) is 4.74 Å². The number of rotatable bonds is 2. The van der Waals surface area contributed by atoms with Gasteiger partial charge in [0.15, 0.2) is 5.60 Å². The van der Waals surface area contributed by atoms with Gasteiger partial charge in [-0.1, -0.05) is 6.92 Å².